The smallest absolute Gasteiger partial charge is 0.346 e. The number of nitrogens with one attached hydrogen (secondary N) is 2. The summed E-state index contributed by atoms with van der Waals surface area (Å²) in [6, 6.07) is 7.22. The molecule has 0 aliphatic carbocycles. The van der Waals surface area contributed by atoms with Gasteiger partial charge in [0, 0.05) is 28.7 Å². The molecule has 136 valence electrons. The topological polar surface area (TPSA) is 83.6 Å². The minimum absolute atomic E-state index is 0.0154. The van der Waals surface area contributed by atoms with E-state index in [1.54, 1.807) is 30.6 Å². The molecule has 9 heteroatoms. The maximum atomic E-state index is 12.5. The number of aromatic amines is 1. The summed E-state index contributed by atoms with van der Waals surface area (Å²) in [4.78, 5) is 20.4. The Kier molecular flexibility index (Phi) is 3.98. The first-order chi connectivity index (χ1) is 12.9. The summed E-state index contributed by atoms with van der Waals surface area (Å²) in [7, 11) is 0. The summed E-state index contributed by atoms with van der Waals surface area (Å²) in [6.07, 6.45) is -0.355. The van der Waals surface area contributed by atoms with Crippen molar-refractivity contribution in [3.05, 3.63) is 65.7 Å². The first kappa shape index (κ1) is 17.0. The Bertz CT molecular complexity index is 1140. The van der Waals surface area contributed by atoms with Crippen molar-refractivity contribution in [1.82, 2.24) is 25.5 Å². The Morgan fingerprint density at radius 1 is 1.07 bits per heavy atom. The molecular weight excluding hydrogens is 359 g/mol. The average molecular weight is 371 g/mol. The van der Waals surface area contributed by atoms with Crippen molar-refractivity contribution in [3.8, 4) is 0 Å². The van der Waals surface area contributed by atoms with E-state index in [1.807, 2.05) is 0 Å². The molecule has 4 aromatic rings. The average Bonchev–Trinajstić information content (AvgIpc) is 3.14. The van der Waals surface area contributed by atoms with E-state index >= 15 is 0 Å². The number of hydrogen-bond donors (Lipinski definition) is 2. The number of nitrogens with zero attached hydrogens (tertiary/aromatic N) is 3. The Balaban J connectivity index is 1.53. The number of fused-ring (bicyclic) bond motifs is 3. The van der Waals surface area contributed by atoms with Gasteiger partial charge in [0.15, 0.2) is 0 Å². The largest absolute Gasteiger partial charge is 0.417 e. The molecule has 0 unspecified atom stereocenters. The number of aromatic nitrogens is 4. The quantitative estimate of drug-likeness (QED) is 0.578. The van der Waals surface area contributed by atoms with Gasteiger partial charge in [-0.25, -0.2) is 0 Å². The molecule has 2 N–H and O–H groups in total. The highest BCUT2D eigenvalue weighted by molar-refractivity contribution is 6.06. The van der Waals surface area contributed by atoms with Crippen LogP contribution in [0.3, 0.4) is 0 Å². The van der Waals surface area contributed by atoms with Crippen molar-refractivity contribution in [2.45, 2.75) is 12.7 Å². The van der Waals surface area contributed by atoms with Crippen LogP contribution in [0.5, 0.6) is 0 Å². The summed E-state index contributed by atoms with van der Waals surface area (Å²) in [5.41, 5.74) is 1.39. The van der Waals surface area contributed by atoms with Crippen LogP contribution in [0, 0.1) is 0 Å². The highest BCUT2D eigenvalue weighted by Crippen LogP contribution is 2.28. The van der Waals surface area contributed by atoms with E-state index in [1.165, 1.54) is 6.07 Å². The number of pyridine rings is 2. The van der Waals surface area contributed by atoms with Crippen LogP contribution < -0.4 is 5.32 Å². The number of rotatable bonds is 3. The number of carbonyl (C=O) groups excluding carboxylic acids is 1. The van der Waals surface area contributed by atoms with Crippen molar-refractivity contribution in [2.75, 3.05) is 0 Å². The van der Waals surface area contributed by atoms with Gasteiger partial charge in [-0.15, -0.1) is 0 Å². The number of hydrogen-bond acceptors (Lipinski definition) is 4. The number of carbonyl (C=O) groups is 1. The first-order valence-corrected chi connectivity index (χ1v) is 7.94. The van der Waals surface area contributed by atoms with E-state index in [0.717, 1.165) is 28.6 Å². The SMILES string of the molecule is O=C(NCc1ccc(C(F)(F)F)cn1)c1ccc2ncc3cn[nH]c3c2c1. The Morgan fingerprint density at radius 3 is 2.67 bits per heavy atom. The van der Waals surface area contributed by atoms with E-state index in [2.05, 4.69) is 25.5 Å². The number of amides is 1. The molecule has 0 saturated carbocycles. The van der Waals surface area contributed by atoms with E-state index in [-0.39, 0.29) is 12.5 Å². The fourth-order valence-corrected chi connectivity index (χ4v) is 2.71. The Morgan fingerprint density at radius 2 is 1.93 bits per heavy atom. The normalized spacial score (nSPS) is 11.8. The van der Waals surface area contributed by atoms with Gasteiger partial charge in [-0.2, -0.15) is 18.3 Å². The van der Waals surface area contributed by atoms with Crippen LogP contribution in [0.2, 0.25) is 0 Å². The molecule has 6 nitrogen and oxygen atoms in total. The van der Waals surface area contributed by atoms with Crippen LogP contribution in [0.1, 0.15) is 21.6 Å². The van der Waals surface area contributed by atoms with Crippen LogP contribution in [0.4, 0.5) is 13.2 Å². The molecule has 0 saturated heterocycles. The monoisotopic (exact) mass is 371 g/mol. The molecule has 0 aliphatic rings. The van der Waals surface area contributed by atoms with Gasteiger partial charge in [-0.05, 0) is 30.3 Å². The van der Waals surface area contributed by atoms with Gasteiger partial charge in [0.25, 0.3) is 5.91 Å². The Labute approximate surface area is 150 Å². The lowest BCUT2D eigenvalue weighted by Crippen LogP contribution is -2.23. The standard InChI is InChI=1S/C18H12F3N5O/c19-18(20,21)12-2-3-13(22-8-12)9-24-17(27)10-1-4-15-14(5-10)16-11(6-23-15)7-25-26-16/h1-8H,9H2,(H,24,27)(H,25,26). The molecular formula is C18H12F3N5O. The van der Waals surface area contributed by atoms with E-state index in [9.17, 15) is 18.0 Å². The van der Waals surface area contributed by atoms with Crippen molar-refractivity contribution < 1.29 is 18.0 Å². The molecule has 27 heavy (non-hydrogen) atoms. The lowest BCUT2D eigenvalue weighted by molar-refractivity contribution is -0.137. The van der Waals surface area contributed by atoms with Crippen LogP contribution in [0.15, 0.2) is 48.9 Å². The van der Waals surface area contributed by atoms with Gasteiger partial charge in [0.1, 0.15) is 0 Å². The zero-order valence-corrected chi connectivity index (χ0v) is 13.7. The zero-order valence-electron chi connectivity index (χ0n) is 13.7. The lowest BCUT2D eigenvalue weighted by atomic mass is 10.1. The third-order valence-electron chi connectivity index (χ3n) is 4.12. The van der Waals surface area contributed by atoms with Crippen molar-refractivity contribution in [1.29, 1.82) is 0 Å². The van der Waals surface area contributed by atoms with Crippen LogP contribution in [-0.4, -0.2) is 26.1 Å². The molecule has 0 bridgehead atoms. The predicted octanol–water partition coefficient (Wildman–Crippen LogP) is 3.45. The van der Waals surface area contributed by atoms with Gasteiger partial charge in [-0.3, -0.25) is 19.9 Å². The third-order valence-corrected chi connectivity index (χ3v) is 4.12. The highest BCUT2D eigenvalue weighted by atomic mass is 19.4. The molecule has 0 radical (unpaired) electrons. The van der Waals surface area contributed by atoms with E-state index in [0.29, 0.717) is 16.8 Å². The van der Waals surface area contributed by atoms with E-state index < -0.39 is 11.7 Å². The maximum absolute atomic E-state index is 12.5. The van der Waals surface area contributed by atoms with Gasteiger partial charge >= 0.3 is 6.18 Å². The predicted molar refractivity (Wildman–Crippen MR) is 91.8 cm³/mol. The zero-order chi connectivity index (χ0) is 19.0. The summed E-state index contributed by atoms with van der Waals surface area (Å²) >= 11 is 0. The molecule has 4 rings (SSSR count). The van der Waals surface area contributed by atoms with Crippen molar-refractivity contribution in [2.24, 2.45) is 0 Å². The highest BCUT2D eigenvalue weighted by Gasteiger charge is 2.30. The molecule has 0 atom stereocenters. The number of alkyl halides is 3. The molecule has 0 spiro atoms. The van der Waals surface area contributed by atoms with Gasteiger partial charge in [-0.1, -0.05) is 0 Å². The Hall–Kier alpha value is -3.49. The second-order valence-electron chi connectivity index (χ2n) is 5.91. The molecule has 0 aliphatic heterocycles. The molecule has 3 aromatic heterocycles. The summed E-state index contributed by atoms with van der Waals surface area (Å²) in [5.74, 6) is -0.366. The molecule has 0 fully saturated rings. The number of halogens is 3. The fraction of sp³-hybridized carbons (Fsp3) is 0.111. The van der Waals surface area contributed by atoms with Crippen LogP contribution in [0.25, 0.3) is 21.8 Å². The number of benzene rings is 1. The first-order valence-electron chi connectivity index (χ1n) is 7.94. The lowest BCUT2D eigenvalue weighted by Gasteiger charge is -2.08. The molecule has 1 aromatic carbocycles. The minimum Gasteiger partial charge on any atom is -0.346 e. The van der Waals surface area contributed by atoms with Gasteiger partial charge in [0.2, 0.25) is 0 Å². The maximum Gasteiger partial charge on any atom is 0.417 e. The molecule has 3 heterocycles. The van der Waals surface area contributed by atoms with Gasteiger partial charge in [0.05, 0.1) is 35.0 Å². The second kappa shape index (κ2) is 6.35. The van der Waals surface area contributed by atoms with E-state index in [4.69, 9.17) is 0 Å². The van der Waals surface area contributed by atoms with Crippen molar-refractivity contribution in [3.63, 3.8) is 0 Å². The van der Waals surface area contributed by atoms with Gasteiger partial charge < -0.3 is 5.32 Å². The summed E-state index contributed by atoms with van der Waals surface area (Å²) in [6.45, 7) is 0.0154. The van der Waals surface area contributed by atoms with Crippen molar-refractivity contribution >= 4 is 27.7 Å². The van der Waals surface area contributed by atoms with Crippen LogP contribution in [-0.2, 0) is 12.7 Å². The second-order valence-corrected chi connectivity index (χ2v) is 5.91. The minimum atomic E-state index is -4.44. The summed E-state index contributed by atoms with van der Waals surface area (Å²) in [5, 5.41) is 11.1. The number of H-pyrrole nitrogens is 1. The fourth-order valence-electron chi connectivity index (χ4n) is 2.71. The third kappa shape index (κ3) is 3.31. The molecule has 1 amide bonds. The summed E-state index contributed by atoms with van der Waals surface area (Å²) < 4.78 is 37.6. The van der Waals surface area contributed by atoms with Crippen LogP contribution >= 0.6 is 0 Å².